The summed E-state index contributed by atoms with van der Waals surface area (Å²) in [6.07, 6.45) is 4.56. The Labute approximate surface area is 191 Å². The minimum atomic E-state index is 0. The highest BCUT2D eigenvalue weighted by molar-refractivity contribution is 14.0. The third-order valence-corrected chi connectivity index (χ3v) is 5.52. The first-order chi connectivity index (χ1) is 13.2. The highest BCUT2D eigenvalue weighted by Crippen LogP contribution is 2.24. The number of nitrogens with zero attached hydrogens (tertiary/aromatic N) is 4. The lowest BCUT2D eigenvalue weighted by molar-refractivity contribution is 0.180. The molecule has 2 N–H and O–H groups in total. The Hall–Kier alpha value is -0.650. The van der Waals surface area contributed by atoms with Crippen LogP contribution in [0.5, 0.6) is 0 Å². The summed E-state index contributed by atoms with van der Waals surface area (Å²) >= 11 is 1.77. The predicted octanol–water partition coefficient (Wildman–Crippen LogP) is 2.43. The van der Waals surface area contributed by atoms with Gasteiger partial charge in [-0.15, -0.1) is 35.3 Å². The molecule has 1 fully saturated rings. The molecule has 0 saturated carbocycles. The number of halogens is 1. The van der Waals surface area contributed by atoms with Crippen molar-refractivity contribution in [3.63, 3.8) is 0 Å². The van der Waals surface area contributed by atoms with E-state index in [1.807, 2.05) is 0 Å². The van der Waals surface area contributed by atoms with E-state index >= 15 is 0 Å². The molecular formula is C19H37IN6OS. The highest BCUT2D eigenvalue weighted by atomic mass is 127. The molecule has 0 aliphatic carbocycles. The number of aromatic nitrogens is 1. The topological polar surface area (TPSA) is 65.0 Å². The second-order valence-electron chi connectivity index (χ2n) is 6.90. The van der Waals surface area contributed by atoms with Gasteiger partial charge in [-0.05, 0) is 33.2 Å². The van der Waals surface area contributed by atoms with Crippen LogP contribution >= 0.6 is 35.3 Å². The molecule has 2 heterocycles. The van der Waals surface area contributed by atoms with Crippen LogP contribution in [0.15, 0.2) is 10.4 Å². The summed E-state index contributed by atoms with van der Waals surface area (Å²) in [5.41, 5.74) is 1.17. The molecule has 0 aromatic carbocycles. The fourth-order valence-corrected chi connectivity index (χ4v) is 3.95. The molecule has 0 bridgehead atoms. The standard InChI is InChI=1S/C19H36N6OS.HI/c1-4-20-18(22-10-14-24(2)11-7-15-26-3)21-9-8-17-16-27-19(23-17)25-12-5-6-13-25;/h16H,4-15H2,1-3H3,(H2,20,21,22);1H. The highest BCUT2D eigenvalue weighted by Gasteiger charge is 2.15. The van der Waals surface area contributed by atoms with Crippen LogP contribution in [0.3, 0.4) is 0 Å². The Morgan fingerprint density at radius 1 is 1.32 bits per heavy atom. The fourth-order valence-electron chi connectivity index (χ4n) is 3.04. The Morgan fingerprint density at radius 3 is 2.82 bits per heavy atom. The molecule has 1 saturated heterocycles. The van der Waals surface area contributed by atoms with Crippen molar-refractivity contribution < 1.29 is 4.74 Å². The molecular weight excluding hydrogens is 487 g/mol. The van der Waals surface area contributed by atoms with E-state index in [1.54, 1.807) is 18.4 Å². The van der Waals surface area contributed by atoms with Crippen LogP contribution in [0.1, 0.15) is 31.9 Å². The molecule has 0 amide bonds. The maximum atomic E-state index is 5.10. The quantitative estimate of drug-likeness (QED) is 0.190. The van der Waals surface area contributed by atoms with Gasteiger partial charge in [0.2, 0.25) is 0 Å². The number of nitrogens with one attached hydrogen (secondary N) is 2. The lowest BCUT2D eigenvalue weighted by atomic mass is 10.3. The Bertz CT molecular complexity index is 550. The smallest absolute Gasteiger partial charge is 0.191 e. The molecule has 1 aliphatic rings. The van der Waals surface area contributed by atoms with Gasteiger partial charge in [0.1, 0.15) is 0 Å². The van der Waals surface area contributed by atoms with Crippen LogP contribution in [0.25, 0.3) is 0 Å². The zero-order chi connectivity index (χ0) is 19.3. The van der Waals surface area contributed by atoms with Crippen LogP contribution < -0.4 is 15.5 Å². The van der Waals surface area contributed by atoms with Crippen LogP contribution in [0.4, 0.5) is 5.13 Å². The van der Waals surface area contributed by atoms with Crippen LogP contribution in [0.2, 0.25) is 0 Å². The Balaban J connectivity index is 0.00000392. The summed E-state index contributed by atoms with van der Waals surface area (Å²) in [5, 5.41) is 10.1. The van der Waals surface area contributed by atoms with Crippen molar-refractivity contribution in [2.75, 3.05) is 71.5 Å². The average Bonchev–Trinajstić information content (AvgIpc) is 3.33. The summed E-state index contributed by atoms with van der Waals surface area (Å²) in [4.78, 5) is 14.2. The Kier molecular flexibility index (Phi) is 13.8. The van der Waals surface area contributed by atoms with E-state index < -0.39 is 0 Å². The number of likely N-dealkylation sites (N-methyl/N-ethyl adjacent to an activating group) is 1. The third-order valence-electron chi connectivity index (χ3n) is 4.57. The number of thiazole rings is 1. The maximum absolute atomic E-state index is 5.10. The SMILES string of the molecule is CCNC(=NCCN(C)CCCOC)NCCc1csc(N2CCCC2)n1.I. The molecule has 1 aliphatic heterocycles. The first kappa shape index (κ1) is 25.4. The van der Waals surface area contributed by atoms with E-state index in [9.17, 15) is 0 Å². The van der Waals surface area contributed by atoms with Gasteiger partial charge >= 0.3 is 0 Å². The lowest BCUT2D eigenvalue weighted by Crippen LogP contribution is -2.39. The van der Waals surface area contributed by atoms with Crippen molar-refractivity contribution in [1.29, 1.82) is 0 Å². The van der Waals surface area contributed by atoms with Gasteiger partial charge in [0, 0.05) is 64.8 Å². The number of hydrogen-bond acceptors (Lipinski definition) is 6. The van der Waals surface area contributed by atoms with Crippen molar-refractivity contribution in [1.82, 2.24) is 20.5 Å². The molecule has 2 rings (SSSR count). The van der Waals surface area contributed by atoms with Gasteiger partial charge in [0.25, 0.3) is 0 Å². The third kappa shape index (κ3) is 9.71. The fraction of sp³-hybridized carbons (Fsp3) is 0.789. The molecule has 0 atom stereocenters. The molecule has 1 aromatic rings. The van der Waals surface area contributed by atoms with E-state index in [1.165, 1.54) is 23.7 Å². The number of anilines is 1. The van der Waals surface area contributed by atoms with Gasteiger partial charge in [-0.1, -0.05) is 0 Å². The van der Waals surface area contributed by atoms with Gasteiger partial charge in [0.15, 0.2) is 11.1 Å². The van der Waals surface area contributed by atoms with Crippen molar-refractivity contribution in [3.05, 3.63) is 11.1 Å². The number of guanidine groups is 1. The van der Waals surface area contributed by atoms with Crippen LogP contribution in [-0.4, -0.2) is 82.4 Å². The molecule has 0 spiro atoms. The van der Waals surface area contributed by atoms with Gasteiger partial charge in [-0.3, -0.25) is 4.99 Å². The number of aliphatic imine (C=N–C) groups is 1. The van der Waals surface area contributed by atoms with Crippen LogP contribution in [0, 0.1) is 0 Å². The monoisotopic (exact) mass is 524 g/mol. The normalized spacial score (nSPS) is 14.4. The molecule has 0 unspecified atom stereocenters. The number of hydrogen-bond donors (Lipinski definition) is 2. The molecule has 1 aromatic heterocycles. The van der Waals surface area contributed by atoms with Gasteiger partial charge in [0.05, 0.1) is 12.2 Å². The molecule has 7 nitrogen and oxygen atoms in total. The van der Waals surface area contributed by atoms with Crippen molar-refractivity contribution >= 4 is 46.4 Å². The predicted molar refractivity (Wildman–Crippen MR) is 131 cm³/mol. The van der Waals surface area contributed by atoms with Crippen molar-refractivity contribution in [2.45, 2.75) is 32.6 Å². The van der Waals surface area contributed by atoms with E-state index in [2.05, 4.69) is 44.8 Å². The molecule has 28 heavy (non-hydrogen) atoms. The Morgan fingerprint density at radius 2 is 2.11 bits per heavy atom. The summed E-state index contributed by atoms with van der Waals surface area (Å²) in [6.45, 7) is 9.70. The first-order valence-corrected chi connectivity index (χ1v) is 11.0. The lowest BCUT2D eigenvalue weighted by Gasteiger charge is -2.16. The number of ether oxygens (including phenoxy) is 1. The minimum Gasteiger partial charge on any atom is -0.385 e. The zero-order valence-corrected chi connectivity index (χ0v) is 20.7. The second-order valence-corrected chi connectivity index (χ2v) is 7.74. The maximum Gasteiger partial charge on any atom is 0.191 e. The summed E-state index contributed by atoms with van der Waals surface area (Å²) < 4.78 is 5.10. The summed E-state index contributed by atoms with van der Waals surface area (Å²) in [7, 11) is 3.88. The van der Waals surface area contributed by atoms with E-state index in [0.29, 0.717) is 0 Å². The summed E-state index contributed by atoms with van der Waals surface area (Å²) in [5.74, 6) is 0.887. The van der Waals surface area contributed by atoms with Crippen LogP contribution in [-0.2, 0) is 11.2 Å². The zero-order valence-electron chi connectivity index (χ0n) is 17.6. The second kappa shape index (κ2) is 15.2. The van der Waals surface area contributed by atoms with E-state index in [0.717, 1.165) is 71.2 Å². The van der Waals surface area contributed by atoms with Crippen molar-refractivity contribution in [2.24, 2.45) is 4.99 Å². The minimum absolute atomic E-state index is 0. The summed E-state index contributed by atoms with van der Waals surface area (Å²) in [6, 6.07) is 0. The molecule has 162 valence electrons. The van der Waals surface area contributed by atoms with E-state index in [-0.39, 0.29) is 24.0 Å². The van der Waals surface area contributed by atoms with Gasteiger partial charge < -0.3 is 25.2 Å². The molecule has 0 radical (unpaired) electrons. The van der Waals surface area contributed by atoms with Gasteiger partial charge in [-0.25, -0.2) is 4.98 Å². The van der Waals surface area contributed by atoms with Gasteiger partial charge in [-0.2, -0.15) is 0 Å². The number of methoxy groups -OCH3 is 1. The molecule has 9 heteroatoms. The average molecular weight is 525 g/mol. The first-order valence-electron chi connectivity index (χ1n) is 10.1. The van der Waals surface area contributed by atoms with Crippen molar-refractivity contribution in [3.8, 4) is 0 Å². The largest absolute Gasteiger partial charge is 0.385 e. The number of rotatable bonds is 12. The van der Waals surface area contributed by atoms with E-state index in [4.69, 9.17) is 9.72 Å².